The second-order valence-corrected chi connectivity index (χ2v) is 5.72. The summed E-state index contributed by atoms with van der Waals surface area (Å²) in [5, 5.41) is 2.82. The van der Waals surface area contributed by atoms with E-state index in [1.807, 2.05) is 0 Å². The number of Topliss-reactive ketones (excluding diaryl/α,β-unsaturated/α-hetero) is 1. The average molecular weight is 302 g/mol. The maximum atomic E-state index is 12.2. The van der Waals surface area contributed by atoms with Crippen molar-refractivity contribution >= 4 is 23.3 Å². The molecular formula is C17H22N2O3. The summed E-state index contributed by atoms with van der Waals surface area (Å²) in [7, 11) is 0. The number of rotatable bonds is 6. The van der Waals surface area contributed by atoms with E-state index < -0.39 is 0 Å². The summed E-state index contributed by atoms with van der Waals surface area (Å²) in [6.45, 7) is 4.81. The average Bonchev–Trinajstić information content (AvgIpc) is 2.87. The smallest absolute Gasteiger partial charge is 0.229 e. The largest absolute Gasteiger partial charge is 0.342 e. The molecule has 1 aliphatic heterocycles. The highest BCUT2D eigenvalue weighted by molar-refractivity contribution is 5.98. The standard InChI is InChI=1S/C17H22N2O3/c1-3-4-9-19-11-14(10-16(19)21)17(22)18-15-7-5-13(6-8-15)12(2)20/h5-8,14H,3-4,9-11H2,1-2H3,(H,18,22). The number of carbonyl (C=O) groups excluding carboxylic acids is 3. The van der Waals surface area contributed by atoms with Gasteiger partial charge in [-0.05, 0) is 37.6 Å². The third-order valence-electron chi connectivity index (χ3n) is 3.93. The number of ketones is 1. The number of carbonyl (C=O) groups is 3. The Labute approximate surface area is 130 Å². The minimum absolute atomic E-state index is 0.00849. The van der Waals surface area contributed by atoms with Crippen molar-refractivity contribution in [2.75, 3.05) is 18.4 Å². The Kier molecular flexibility index (Phi) is 5.31. The molecule has 2 amide bonds. The van der Waals surface area contributed by atoms with Crippen LogP contribution in [0.1, 0.15) is 43.5 Å². The molecule has 5 nitrogen and oxygen atoms in total. The van der Waals surface area contributed by atoms with Crippen LogP contribution in [0.2, 0.25) is 0 Å². The van der Waals surface area contributed by atoms with E-state index in [4.69, 9.17) is 0 Å². The molecule has 1 aromatic carbocycles. The zero-order valence-electron chi connectivity index (χ0n) is 13.1. The van der Waals surface area contributed by atoms with Crippen molar-refractivity contribution in [3.05, 3.63) is 29.8 Å². The summed E-state index contributed by atoms with van der Waals surface area (Å²) in [6.07, 6.45) is 2.27. The van der Waals surface area contributed by atoms with Crippen LogP contribution in [-0.2, 0) is 9.59 Å². The summed E-state index contributed by atoms with van der Waals surface area (Å²) in [5.74, 6) is -0.383. The van der Waals surface area contributed by atoms with E-state index in [-0.39, 0.29) is 29.9 Å². The molecule has 22 heavy (non-hydrogen) atoms. The Balaban J connectivity index is 1.92. The molecule has 118 valence electrons. The SMILES string of the molecule is CCCCN1CC(C(=O)Nc2ccc(C(C)=O)cc2)CC1=O. The molecule has 1 aromatic rings. The summed E-state index contributed by atoms with van der Waals surface area (Å²) in [4.78, 5) is 37.1. The van der Waals surface area contributed by atoms with Crippen molar-refractivity contribution in [3.63, 3.8) is 0 Å². The fraction of sp³-hybridized carbons (Fsp3) is 0.471. The molecule has 1 atom stereocenters. The normalized spacial score (nSPS) is 17.6. The lowest BCUT2D eigenvalue weighted by Gasteiger charge is -2.16. The van der Waals surface area contributed by atoms with Crippen LogP contribution in [0.4, 0.5) is 5.69 Å². The van der Waals surface area contributed by atoms with Crippen LogP contribution in [0.15, 0.2) is 24.3 Å². The number of hydrogen-bond acceptors (Lipinski definition) is 3. The Morgan fingerprint density at radius 1 is 1.27 bits per heavy atom. The number of nitrogens with one attached hydrogen (secondary N) is 1. The second-order valence-electron chi connectivity index (χ2n) is 5.72. The van der Waals surface area contributed by atoms with Crippen molar-refractivity contribution in [2.45, 2.75) is 33.1 Å². The van der Waals surface area contributed by atoms with Gasteiger partial charge >= 0.3 is 0 Å². The maximum Gasteiger partial charge on any atom is 0.229 e. The monoisotopic (exact) mass is 302 g/mol. The highest BCUT2D eigenvalue weighted by Gasteiger charge is 2.33. The van der Waals surface area contributed by atoms with E-state index in [1.165, 1.54) is 6.92 Å². The Morgan fingerprint density at radius 3 is 2.55 bits per heavy atom. The predicted octanol–water partition coefficient (Wildman–Crippen LogP) is 2.48. The van der Waals surface area contributed by atoms with Gasteiger partial charge in [-0.15, -0.1) is 0 Å². The lowest BCUT2D eigenvalue weighted by atomic mass is 10.1. The molecule has 0 aliphatic carbocycles. The maximum absolute atomic E-state index is 12.2. The van der Waals surface area contributed by atoms with Crippen LogP contribution >= 0.6 is 0 Å². The first-order chi connectivity index (χ1) is 10.5. The summed E-state index contributed by atoms with van der Waals surface area (Å²) >= 11 is 0. The first kappa shape index (κ1) is 16.2. The second kappa shape index (κ2) is 7.20. The highest BCUT2D eigenvalue weighted by Crippen LogP contribution is 2.20. The zero-order valence-corrected chi connectivity index (χ0v) is 13.1. The van der Waals surface area contributed by atoms with Crippen LogP contribution < -0.4 is 5.32 Å². The fourth-order valence-electron chi connectivity index (χ4n) is 2.55. The number of benzene rings is 1. The summed E-state index contributed by atoms with van der Waals surface area (Å²) in [5.41, 5.74) is 1.26. The van der Waals surface area contributed by atoms with E-state index >= 15 is 0 Å². The molecular weight excluding hydrogens is 280 g/mol. The third kappa shape index (κ3) is 3.93. The Morgan fingerprint density at radius 2 is 1.95 bits per heavy atom. The molecule has 1 heterocycles. The lowest BCUT2D eigenvalue weighted by molar-refractivity contribution is -0.128. The topological polar surface area (TPSA) is 66.5 Å². The van der Waals surface area contributed by atoms with E-state index in [9.17, 15) is 14.4 Å². The van der Waals surface area contributed by atoms with Crippen LogP contribution in [0, 0.1) is 5.92 Å². The number of unbranched alkanes of at least 4 members (excludes halogenated alkanes) is 1. The quantitative estimate of drug-likeness (QED) is 0.821. The van der Waals surface area contributed by atoms with Gasteiger partial charge in [-0.3, -0.25) is 14.4 Å². The first-order valence-electron chi connectivity index (χ1n) is 7.71. The van der Waals surface area contributed by atoms with Gasteiger partial charge in [0.25, 0.3) is 0 Å². The van der Waals surface area contributed by atoms with E-state index in [2.05, 4.69) is 12.2 Å². The molecule has 0 aromatic heterocycles. The lowest BCUT2D eigenvalue weighted by Crippen LogP contribution is -2.29. The predicted molar refractivity (Wildman–Crippen MR) is 84.7 cm³/mol. The van der Waals surface area contributed by atoms with Crippen LogP contribution in [0.3, 0.4) is 0 Å². The van der Waals surface area contributed by atoms with Gasteiger partial charge in [-0.25, -0.2) is 0 Å². The molecule has 2 rings (SSSR count). The van der Waals surface area contributed by atoms with Crippen LogP contribution in [0.5, 0.6) is 0 Å². The molecule has 1 fully saturated rings. The van der Waals surface area contributed by atoms with E-state index in [1.54, 1.807) is 29.2 Å². The molecule has 0 bridgehead atoms. The van der Waals surface area contributed by atoms with Gasteiger partial charge in [-0.1, -0.05) is 13.3 Å². The fourth-order valence-corrected chi connectivity index (χ4v) is 2.55. The van der Waals surface area contributed by atoms with Crippen molar-refractivity contribution in [1.82, 2.24) is 4.90 Å². The van der Waals surface area contributed by atoms with Gasteiger partial charge in [0.1, 0.15) is 0 Å². The summed E-state index contributed by atoms with van der Waals surface area (Å²) in [6, 6.07) is 6.79. The van der Waals surface area contributed by atoms with Crippen molar-refractivity contribution in [1.29, 1.82) is 0 Å². The van der Waals surface area contributed by atoms with Gasteiger partial charge in [0.15, 0.2) is 5.78 Å². The Bertz CT molecular complexity index is 566. The van der Waals surface area contributed by atoms with Gasteiger partial charge < -0.3 is 10.2 Å². The van der Waals surface area contributed by atoms with E-state index in [0.29, 0.717) is 17.8 Å². The number of hydrogen-bond donors (Lipinski definition) is 1. The minimum atomic E-state index is -0.295. The van der Waals surface area contributed by atoms with Crippen molar-refractivity contribution in [3.8, 4) is 0 Å². The molecule has 0 spiro atoms. The Hall–Kier alpha value is -2.17. The van der Waals surface area contributed by atoms with Gasteiger partial charge in [0.05, 0.1) is 5.92 Å². The highest BCUT2D eigenvalue weighted by atomic mass is 16.2. The van der Waals surface area contributed by atoms with Gasteiger partial charge in [0, 0.05) is 30.8 Å². The van der Waals surface area contributed by atoms with Crippen LogP contribution in [-0.4, -0.2) is 35.6 Å². The number of likely N-dealkylation sites (tertiary alicyclic amines) is 1. The van der Waals surface area contributed by atoms with Gasteiger partial charge in [0.2, 0.25) is 11.8 Å². The minimum Gasteiger partial charge on any atom is -0.342 e. The van der Waals surface area contributed by atoms with Crippen LogP contribution in [0.25, 0.3) is 0 Å². The number of anilines is 1. The van der Waals surface area contributed by atoms with Crippen molar-refractivity contribution < 1.29 is 14.4 Å². The zero-order chi connectivity index (χ0) is 16.1. The molecule has 0 saturated carbocycles. The van der Waals surface area contributed by atoms with E-state index in [0.717, 1.165) is 19.4 Å². The molecule has 0 radical (unpaired) electrons. The molecule has 5 heteroatoms. The summed E-state index contributed by atoms with van der Waals surface area (Å²) < 4.78 is 0. The number of nitrogens with zero attached hydrogens (tertiary/aromatic N) is 1. The first-order valence-corrected chi connectivity index (χ1v) is 7.71. The molecule has 1 saturated heterocycles. The molecule has 1 aliphatic rings. The van der Waals surface area contributed by atoms with Crippen molar-refractivity contribution in [2.24, 2.45) is 5.92 Å². The third-order valence-corrected chi connectivity index (χ3v) is 3.93. The van der Waals surface area contributed by atoms with Gasteiger partial charge in [-0.2, -0.15) is 0 Å². The molecule has 1 unspecified atom stereocenters. The number of amides is 2. The molecule has 1 N–H and O–H groups in total.